The van der Waals surface area contributed by atoms with Gasteiger partial charge in [-0.15, -0.1) is 0 Å². The van der Waals surface area contributed by atoms with Crippen molar-refractivity contribution in [1.82, 2.24) is 0 Å². The largest absolute Gasteiger partial charge is 0.384 e. The summed E-state index contributed by atoms with van der Waals surface area (Å²) in [6.07, 6.45) is -0.0917. The number of halogens is 3. The van der Waals surface area contributed by atoms with Gasteiger partial charge in [0.2, 0.25) is 0 Å². The standard InChI is InChI=1S/C15H13BrClFO/c1-2-9-3-5-10(6-4-9)15(19)11-7-8-12(16)13(17)14(11)18/h3-8,15,19H,2H2,1H3. The van der Waals surface area contributed by atoms with Crippen LogP contribution in [0, 0.1) is 5.82 Å². The molecule has 0 heterocycles. The highest BCUT2D eigenvalue weighted by Gasteiger charge is 2.18. The predicted octanol–water partition coefficient (Wildman–Crippen LogP) is 4.89. The van der Waals surface area contributed by atoms with Gasteiger partial charge >= 0.3 is 0 Å². The molecule has 0 spiro atoms. The van der Waals surface area contributed by atoms with Gasteiger partial charge in [-0.3, -0.25) is 0 Å². The Kier molecular flexibility index (Phi) is 4.61. The number of aryl methyl sites for hydroxylation is 1. The van der Waals surface area contributed by atoms with Crippen LogP contribution in [0.3, 0.4) is 0 Å². The zero-order valence-corrected chi connectivity index (χ0v) is 12.7. The summed E-state index contributed by atoms with van der Waals surface area (Å²) < 4.78 is 14.5. The first-order chi connectivity index (χ1) is 9.04. The molecule has 2 aromatic rings. The molecule has 19 heavy (non-hydrogen) atoms. The van der Waals surface area contributed by atoms with E-state index in [1.54, 1.807) is 18.2 Å². The molecule has 4 heteroatoms. The first-order valence-corrected chi connectivity index (χ1v) is 7.12. The summed E-state index contributed by atoms with van der Waals surface area (Å²) in [6.45, 7) is 2.06. The van der Waals surface area contributed by atoms with Gasteiger partial charge in [0.05, 0.1) is 5.02 Å². The van der Waals surface area contributed by atoms with E-state index in [0.717, 1.165) is 6.42 Å². The van der Waals surface area contributed by atoms with Crippen LogP contribution in [-0.2, 0) is 6.42 Å². The van der Waals surface area contributed by atoms with Crippen LogP contribution in [0.4, 0.5) is 4.39 Å². The van der Waals surface area contributed by atoms with Gasteiger partial charge in [-0.1, -0.05) is 48.9 Å². The number of aliphatic hydroxyl groups is 1. The minimum absolute atomic E-state index is 0.0123. The topological polar surface area (TPSA) is 20.2 Å². The van der Waals surface area contributed by atoms with Crippen LogP contribution in [0.2, 0.25) is 5.02 Å². The molecule has 0 radical (unpaired) electrons. The fourth-order valence-electron chi connectivity index (χ4n) is 1.87. The van der Waals surface area contributed by atoms with E-state index >= 15 is 0 Å². The second-order valence-electron chi connectivity index (χ2n) is 4.26. The summed E-state index contributed by atoms with van der Waals surface area (Å²) in [6, 6.07) is 10.6. The fourth-order valence-corrected chi connectivity index (χ4v) is 2.35. The maximum atomic E-state index is 14.0. The van der Waals surface area contributed by atoms with E-state index in [1.807, 2.05) is 12.1 Å². The lowest BCUT2D eigenvalue weighted by Crippen LogP contribution is -2.03. The Hall–Kier alpha value is -0.900. The summed E-state index contributed by atoms with van der Waals surface area (Å²) in [5.41, 5.74) is 2.00. The zero-order chi connectivity index (χ0) is 14.0. The van der Waals surface area contributed by atoms with Crippen molar-refractivity contribution in [2.24, 2.45) is 0 Å². The molecule has 1 nitrogen and oxygen atoms in total. The van der Waals surface area contributed by atoms with Gasteiger partial charge < -0.3 is 5.11 Å². The maximum Gasteiger partial charge on any atom is 0.149 e. The van der Waals surface area contributed by atoms with Crippen LogP contribution in [-0.4, -0.2) is 5.11 Å². The van der Waals surface area contributed by atoms with Gasteiger partial charge in [-0.2, -0.15) is 0 Å². The highest BCUT2D eigenvalue weighted by Crippen LogP contribution is 2.32. The molecule has 0 aliphatic carbocycles. The molecule has 0 aliphatic rings. The van der Waals surface area contributed by atoms with E-state index in [4.69, 9.17) is 11.6 Å². The number of rotatable bonds is 3. The Morgan fingerprint density at radius 2 is 1.84 bits per heavy atom. The van der Waals surface area contributed by atoms with Gasteiger partial charge in [0.25, 0.3) is 0 Å². The number of hydrogen-bond acceptors (Lipinski definition) is 1. The summed E-state index contributed by atoms with van der Waals surface area (Å²) in [5, 5.41) is 10.2. The predicted molar refractivity (Wildman–Crippen MR) is 79.0 cm³/mol. The minimum Gasteiger partial charge on any atom is -0.384 e. The molecule has 0 bridgehead atoms. The maximum absolute atomic E-state index is 14.0. The van der Waals surface area contributed by atoms with Crippen LogP contribution in [0.15, 0.2) is 40.9 Å². The van der Waals surface area contributed by atoms with Gasteiger partial charge in [0, 0.05) is 10.0 Å². The summed E-state index contributed by atoms with van der Waals surface area (Å²) in [7, 11) is 0. The molecule has 1 atom stereocenters. The lowest BCUT2D eigenvalue weighted by molar-refractivity contribution is 0.215. The Morgan fingerprint density at radius 3 is 2.42 bits per heavy atom. The van der Waals surface area contributed by atoms with E-state index in [0.29, 0.717) is 10.0 Å². The van der Waals surface area contributed by atoms with Gasteiger partial charge in [-0.05, 0) is 39.5 Å². The van der Waals surface area contributed by atoms with Crippen LogP contribution >= 0.6 is 27.5 Å². The highest BCUT2D eigenvalue weighted by atomic mass is 79.9. The normalized spacial score (nSPS) is 12.5. The smallest absolute Gasteiger partial charge is 0.149 e. The van der Waals surface area contributed by atoms with Crippen molar-refractivity contribution in [3.8, 4) is 0 Å². The molecule has 1 unspecified atom stereocenters. The molecule has 0 fully saturated rings. The number of benzene rings is 2. The Bertz CT molecular complexity index is 583. The van der Waals surface area contributed by atoms with Crippen molar-refractivity contribution < 1.29 is 9.50 Å². The minimum atomic E-state index is -1.02. The monoisotopic (exact) mass is 342 g/mol. The highest BCUT2D eigenvalue weighted by molar-refractivity contribution is 9.10. The summed E-state index contributed by atoms with van der Waals surface area (Å²) in [5.74, 6) is -0.594. The summed E-state index contributed by atoms with van der Waals surface area (Å²) in [4.78, 5) is 0. The van der Waals surface area contributed by atoms with Crippen molar-refractivity contribution >= 4 is 27.5 Å². The first-order valence-electron chi connectivity index (χ1n) is 5.95. The molecule has 2 rings (SSSR count). The molecule has 0 saturated carbocycles. The Balaban J connectivity index is 2.38. The number of hydrogen-bond donors (Lipinski definition) is 1. The molecule has 0 aromatic heterocycles. The molecule has 2 aromatic carbocycles. The average Bonchev–Trinajstić information content (AvgIpc) is 2.44. The van der Waals surface area contributed by atoms with Crippen molar-refractivity contribution in [2.75, 3.05) is 0 Å². The number of aliphatic hydroxyl groups excluding tert-OH is 1. The van der Waals surface area contributed by atoms with Crippen molar-refractivity contribution in [3.05, 3.63) is 68.4 Å². The average molecular weight is 344 g/mol. The van der Waals surface area contributed by atoms with Crippen molar-refractivity contribution in [2.45, 2.75) is 19.4 Å². The third-order valence-corrected chi connectivity index (χ3v) is 4.32. The molecular weight excluding hydrogens is 331 g/mol. The van der Waals surface area contributed by atoms with Crippen LogP contribution < -0.4 is 0 Å². The zero-order valence-electron chi connectivity index (χ0n) is 10.3. The first kappa shape index (κ1) is 14.5. The molecule has 0 aliphatic heterocycles. The molecule has 0 amide bonds. The van der Waals surface area contributed by atoms with Crippen molar-refractivity contribution in [1.29, 1.82) is 0 Å². The summed E-state index contributed by atoms with van der Waals surface area (Å²) >= 11 is 8.98. The van der Waals surface area contributed by atoms with Gasteiger partial charge in [0.15, 0.2) is 0 Å². The third kappa shape index (κ3) is 2.99. The molecule has 0 saturated heterocycles. The Labute approximate surface area is 125 Å². The van der Waals surface area contributed by atoms with Crippen molar-refractivity contribution in [3.63, 3.8) is 0 Å². The quantitative estimate of drug-likeness (QED) is 0.787. The van der Waals surface area contributed by atoms with Crippen LogP contribution in [0.1, 0.15) is 29.7 Å². The van der Waals surface area contributed by atoms with E-state index < -0.39 is 11.9 Å². The van der Waals surface area contributed by atoms with Crippen LogP contribution in [0.5, 0.6) is 0 Å². The van der Waals surface area contributed by atoms with Gasteiger partial charge in [-0.25, -0.2) is 4.39 Å². The SMILES string of the molecule is CCc1ccc(C(O)c2ccc(Br)c(Cl)c2F)cc1. The molecular formula is C15H13BrClFO. The third-order valence-electron chi connectivity index (χ3n) is 3.06. The Morgan fingerprint density at radius 1 is 1.21 bits per heavy atom. The fraction of sp³-hybridized carbons (Fsp3) is 0.200. The lowest BCUT2D eigenvalue weighted by Gasteiger charge is -2.14. The van der Waals surface area contributed by atoms with Gasteiger partial charge in [0.1, 0.15) is 11.9 Å². The van der Waals surface area contributed by atoms with E-state index in [9.17, 15) is 9.50 Å². The van der Waals surface area contributed by atoms with Crippen LogP contribution in [0.25, 0.3) is 0 Å². The molecule has 100 valence electrons. The van der Waals surface area contributed by atoms with E-state index in [2.05, 4.69) is 22.9 Å². The molecule has 1 N–H and O–H groups in total. The van der Waals surface area contributed by atoms with E-state index in [-0.39, 0.29) is 10.6 Å². The second-order valence-corrected chi connectivity index (χ2v) is 5.49. The van der Waals surface area contributed by atoms with E-state index in [1.165, 1.54) is 11.6 Å². The lowest BCUT2D eigenvalue weighted by atomic mass is 9.99. The second kappa shape index (κ2) is 6.04.